The highest BCUT2D eigenvalue weighted by molar-refractivity contribution is 5.98. The number of hydrogen-bond donors (Lipinski definition) is 0. The van der Waals surface area contributed by atoms with E-state index in [1.807, 2.05) is 25.4 Å². The van der Waals surface area contributed by atoms with E-state index in [4.69, 9.17) is 0 Å². The van der Waals surface area contributed by atoms with Crippen molar-refractivity contribution in [3.63, 3.8) is 0 Å². The van der Waals surface area contributed by atoms with Gasteiger partial charge in [-0.05, 0) is 29.1 Å². The maximum absolute atomic E-state index is 14.4. The van der Waals surface area contributed by atoms with Gasteiger partial charge in [-0.2, -0.15) is 5.10 Å². The van der Waals surface area contributed by atoms with Crippen molar-refractivity contribution in [2.45, 2.75) is 0 Å². The molecule has 0 bridgehead atoms. The molecule has 2 aromatic heterocycles. The second-order valence-corrected chi connectivity index (χ2v) is 6.10. The van der Waals surface area contributed by atoms with Gasteiger partial charge in [0.2, 0.25) is 0 Å². The number of rotatable bonds is 2. The van der Waals surface area contributed by atoms with E-state index in [0.29, 0.717) is 16.5 Å². The monoisotopic (exact) mass is 333 g/mol. The molecule has 124 valence electrons. The Hall–Kier alpha value is -3.21. The molecule has 0 spiro atoms. The minimum atomic E-state index is -0.311. The van der Waals surface area contributed by atoms with Crippen LogP contribution < -0.4 is 5.56 Å². The summed E-state index contributed by atoms with van der Waals surface area (Å²) in [4.78, 5) is 12.5. The van der Waals surface area contributed by atoms with Gasteiger partial charge in [-0.3, -0.25) is 9.48 Å². The highest BCUT2D eigenvalue weighted by Crippen LogP contribution is 2.31. The first kappa shape index (κ1) is 15.3. The first-order valence-corrected chi connectivity index (χ1v) is 7.92. The number of halogens is 1. The minimum Gasteiger partial charge on any atom is -0.317 e. The summed E-state index contributed by atoms with van der Waals surface area (Å²) in [5.74, 6) is -0.311. The molecule has 0 fully saturated rings. The number of benzene rings is 2. The summed E-state index contributed by atoms with van der Waals surface area (Å²) in [5, 5.41) is 5.49. The average Bonchev–Trinajstić information content (AvgIpc) is 3.05. The minimum absolute atomic E-state index is 0.104. The third-order valence-electron chi connectivity index (χ3n) is 4.39. The number of hydrogen-bond acceptors (Lipinski definition) is 2. The van der Waals surface area contributed by atoms with Crippen LogP contribution in [0.15, 0.2) is 65.8 Å². The molecule has 4 nitrogen and oxygen atoms in total. The number of aromatic nitrogens is 3. The molecule has 5 heteroatoms. The lowest BCUT2D eigenvalue weighted by Gasteiger charge is -2.11. The smallest absolute Gasteiger partial charge is 0.258 e. The van der Waals surface area contributed by atoms with Crippen molar-refractivity contribution < 1.29 is 4.39 Å². The zero-order valence-corrected chi connectivity index (χ0v) is 13.9. The lowest BCUT2D eigenvalue weighted by Crippen LogP contribution is -2.16. The molecule has 0 N–H and O–H groups in total. The van der Waals surface area contributed by atoms with Crippen molar-refractivity contribution in [1.82, 2.24) is 14.3 Å². The van der Waals surface area contributed by atoms with Crippen LogP contribution in [0.2, 0.25) is 0 Å². The first-order valence-electron chi connectivity index (χ1n) is 7.92. The van der Waals surface area contributed by atoms with Crippen molar-refractivity contribution >= 4 is 10.8 Å². The standard InChI is InChI=1S/C20H16FN3O/c1-23-12-18(15-5-3-4-6-19(15)21)17-9-13(7-8-16(17)20(23)25)14-10-22-24(2)11-14/h3-12H,1-2H3. The topological polar surface area (TPSA) is 39.8 Å². The Labute approximate surface area is 143 Å². The number of aryl methyl sites for hydroxylation is 2. The van der Waals surface area contributed by atoms with E-state index in [1.54, 1.807) is 48.4 Å². The predicted octanol–water partition coefficient (Wildman–Crippen LogP) is 3.75. The molecular weight excluding hydrogens is 317 g/mol. The third-order valence-corrected chi connectivity index (χ3v) is 4.39. The van der Waals surface area contributed by atoms with Crippen molar-refractivity contribution in [3.05, 3.63) is 77.2 Å². The van der Waals surface area contributed by atoms with Crippen LogP contribution in [0, 0.1) is 5.82 Å². The quantitative estimate of drug-likeness (QED) is 0.560. The van der Waals surface area contributed by atoms with Gasteiger partial charge in [0.05, 0.1) is 6.20 Å². The Morgan fingerprint density at radius 1 is 0.920 bits per heavy atom. The van der Waals surface area contributed by atoms with E-state index >= 15 is 0 Å². The summed E-state index contributed by atoms with van der Waals surface area (Å²) in [6.07, 6.45) is 5.37. The highest BCUT2D eigenvalue weighted by atomic mass is 19.1. The van der Waals surface area contributed by atoms with Crippen LogP contribution in [0.25, 0.3) is 33.0 Å². The maximum atomic E-state index is 14.4. The lowest BCUT2D eigenvalue weighted by atomic mass is 9.97. The molecule has 2 heterocycles. The molecule has 0 aliphatic carbocycles. The Morgan fingerprint density at radius 2 is 1.72 bits per heavy atom. The Morgan fingerprint density at radius 3 is 2.44 bits per heavy atom. The Balaban J connectivity index is 2.06. The van der Waals surface area contributed by atoms with Crippen LogP contribution in [0.3, 0.4) is 0 Å². The molecule has 0 saturated carbocycles. The number of pyridine rings is 1. The Bertz CT molecular complexity index is 1160. The van der Waals surface area contributed by atoms with Gasteiger partial charge in [0.15, 0.2) is 0 Å². The SMILES string of the molecule is Cn1cc(-c2ccc3c(=O)n(C)cc(-c4ccccc4F)c3c2)cn1. The summed E-state index contributed by atoms with van der Waals surface area (Å²) >= 11 is 0. The maximum Gasteiger partial charge on any atom is 0.258 e. The van der Waals surface area contributed by atoms with Gasteiger partial charge in [0, 0.05) is 48.6 Å². The van der Waals surface area contributed by atoms with Crippen LogP contribution in [-0.4, -0.2) is 14.3 Å². The van der Waals surface area contributed by atoms with Crippen molar-refractivity contribution in [2.75, 3.05) is 0 Å². The molecule has 4 aromatic rings. The van der Waals surface area contributed by atoms with E-state index in [9.17, 15) is 9.18 Å². The molecule has 25 heavy (non-hydrogen) atoms. The van der Waals surface area contributed by atoms with Crippen LogP contribution in [-0.2, 0) is 14.1 Å². The first-order chi connectivity index (χ1) is 12.0. The zero-order valence-electron chi connectivity index (χ0n) is 13.9. The van der Waals surface area contributed by atoms with Crippen LogP contribution in [0.1, 0.15) is 0 Å². The lowest BCUT2D eigenvalue weighted by molar-refractivity contribution is 0.631. The molecular formula is C20H16FN3O. The fourth-order valence-electron chi connectivity index (χ4n) is 3.11. The van der Waals surface area contributed by atoms with Crippen LogP contribution >= 0.6 is 0 Å². The van der Waals surface area contributed by atoms with Gasteiger partial charge in [-0.25, -0.2) is 4.39 Å². The van der Waals surface area contributed by atoms with Crippen LogP contribution in [0.5, 0.6) is 0 Å². The summed E-state index contributed by atoms with van der Waals surface area (Å²) in [6, 6.07) is 12.2. The molecule has 0 aliphatic rings. The van der Waals surface area contributed by atoms with E-state index in [-0.39, 0.29) is 11.4 Å². The van der Waals surface area contributed by atoms with Crippen molar-refractivity contribution in [3.8, 4) is 22.3 Å². The fraction of sp³-hybridized carbons (Fsp3) is 0.100. The summed E-state index contributed by atoms with van der Waals surface area (Å²) in [5.41, 5.74) is 2.95. The largest absolute Gasteiger partial charge is 0.317 e. The molecule has 2 aromatic carbocycles. The van der Waals surface area contributed by atoms with Crippen molar-refractivity contribution in [1.29, 1.82) is 0 Å². The molecule has 0 radical (unpaired) electrons. The number of nitrogens with zero attached hydrogens (tertiary/aromatic N) is 3. The van der Waals surface area contributed by atoms with Gasteiger partial charge in [-0.1, -0.05) is 24.3 Å². The normalized spacial score (nSPS) is 11.2. The summed E-state index contributed by atoms with van der Waals surface area (Å²) < 4.78 is 17.6. The Kier molecular flexibility index (Phi) is 3.50. The average molecular weight is 333 g/mol. The van der Waals surface area contributed by atoms with Gasteiger partial charge in [-0.15, -0.1) is 0 Å². The van der Waals surface area contributed by atoms with Gasteiger partial charge in [0.1, 0.15) is 5.82 Å². The third kappa shape index (κ3) is 2.54. The second kappa shape index (κ2) is 5.70. The van der Waals surface area contributed by atoms with E-state index in [0.717, 1.165) is 16.5 Å². The molecule has 4 rings (SSSR count). The molecule has 0 saturated heterocycles. The van der Waals surface area contributed by atoms with Gasteiger partial charge < -0.3 is 4.57 Å². The summed E-state index contributed by atoms with van der Waals surface area (Å²) in [7, 11) is 3.53. The molecule has 0 amide bonds. The molecule has 0 unspecified atom stereocenters. The number of fused-ring (bicyclic) bond motifs is 1. The highest BCUT2D eigenvalue weighted by Gasteiger charge is 2.13. The molecule has 0 aliphatic heterocycles. The summed E-state index contributed by atoms with van der Waals surface area (Å²) in [6.45, 7) is 0. The fourth-order valence-corrected chi connectivity index (χ4v) is 3.11. The zero-order chi connectivity index (χ0) is 17.6. The van der Waals surface area contributed by atoms with E-state index in [1.165, 1.54) is 10.6 Å². The second-order valence-electron chi connectivity index (χ2n) is 6.10. The van der Waals surface area contributed by atoms with E-state index < -0.39 is 0 Å². The van der Waals surface area contributed by atoms with Gasteiger partial charge >= 0.3 is 0 Å². The molecule has 0 atom stereocenters. The van der Waals surface area contributed by atoms with Crippen molar-refractivity contribution in [2.24, 2.45) is 14.1 Å². The van der Waals surface area contributed by atoms with Crippen LogP contribution in [0.4, 0.5) is 4.39 Å². The predicted molar refractivity (Wildman–Crippen MR) is 96.8 cm³/mol. The van der Waals surface area contributed by atoms with Gasteiger partial charge in [0.25, 0.3) is 5.56 Å². The van der Waals surface area contributed by atoms with E-state index in [2.05, 4.69) is 5.10 Å².